The summed E-state index contributed by atoms with van der Waals surface area (Å²) in [5.41, 5.74) is 0. The lowest BCUT2D eigenvalue weighted by Gasteiger charge is -2.26. The van der Waals surface area contributed by atoms with Crippen molar-refractivity contribution in [3.05, 3.63) is 22.4 Å². The quantitative estimate of drug-likeness (QED) is 0.906. The molecule has 3 atom stereocenters. The average Bonchev–Trinajstić information content (AvgIpc) is 3.01. The second kappa shape index (κ2) is 4.67. The fourth-order valence-electron chi connectivity index (χ4n) is 2.78. The van der Waals surface area contributed by atoms with Gasteiger partial charge in [0.25, 0.3) is 0 Å². The van der Waals surface area contributed by atoms with Gasteiger partial charge >= 0.3 is 0 Å². The molecule has 3 unspecified atom stereocenters. The molecule has 1 aromatic heterocycles. The Morgan fingerprint density at radius 2 is 2.33 bits per heavy atom. The summed E-state index contributed by atoms with van der Waals surface area (Å²) in [7, 11) is 0. The predicted molar refractivity (Wildman–Crippen MR) is 73.3 cm³/mol. The van der Waals surface area contributed by atoms with E-state index < -0.39 is 0 Å². The van der Waals surface area contributed by atoms with Crippen molar-refractivity contribution in [1.29, 1.82) is 0 Å². The molecule has 1 saturated heterocycles. The van der Waals surface area contributed by atoms with Gasteiger partial charge in [-0.2, -0.15) is 0 Å². The summed E-state index contributed by atoms with van der Waals surface area (Å²) in [5, 5.41) is 5.48. The van der Waals surface area contributed by atoms with Crippen LogP contribution in [0.3, 0.4) is 0 Å². The van der Waals surface area contributed by atoms with Gasteiger partial charge in [-0.15, -0.1) is 11.3 Å². The highest BCUT2D eigenvalue weighted by Crippen LogP contribution is 2.38. The minimum Gasteiger partial charge on any atom is -0.320 e. The summed E-state index contributed by atoms with van der Waals surface area (Å²) < 4.78 is 0. The smallest absolute Gasteiger partial charge is 0.241 e. The normalized spacial score (nSPS) is 29.9. The third kappa shape index (κ3) is 2.19. The van der Waals surface area contributed by atoms with Crippen LogP contribution in [0.2, 0.25) is 0 Å². The predicted octanol–water partition coefficient (Wildman–Crippen LogP) is 2.61. The molecule has 1 saturated carbocycles. The molecule has 0 radical (unpaired) electrons. The SMILES string of the molecule is CC1NC(c2cccs2)N(CC(C)C2CC2)C1=O. The van der Waals surface area contributed by atoms with Crippen LogP contribution in [-0.2, 0) is 4.79 Å². The van der Waals surface area contributed by atoms with Crippen LogP contribution in [0.4, 0.5) is 0 Å². The maximum Gasteiger partial charge on any atom is 0.241 e. The topological polar surface area (TPSA) is 32.3 Å². The second-order valence-corrected chi connectivity index (χ2v) is 6.59. The fourth-order valence-corrected chi connectivity index (χ4v) is 3.57. The summed E-state index contributed by atoms with van der Waals surface area (Å²) in [6.45, 7) is 5.13. The van der Waals surface area contributed by atoms with Crippen LogP contribution in [-0.4, -0.2) is 23.4 Å². The summed E-state index contributed by atoms with van der Waals surface area (Å²) >= 11 is 1.72. The lowest BCUT2D eigenvalue weighted by molar-refractivity contribution is -0.130. The number of hydrogen-bond acceptors (Lipinski definition) is 3. The highest BCUT2D eigenvalue weighted by molar-refractivity contribution is 7.10. The number of hydrogen-bond donors (Lipinski definition) is 1. The van der Waals surface area contributed by atoms with Crippen LogP contribution in [0.5, 0.6) is 0 Å². The molecule has 3 rings (SSSR count). The van der Waals surface area contributed by atoms with Crippen molar-refractivity contribution in [3.63, 3.8) is 0 Å². The molecule has 1 N–H and O–H groups in total. The zero-order valence-corrected chi connectivity index (χ0v) is 11.7. The van der Waals surface area contributed by atoms with Gasteiger partial charge in [-0.1, -0.05) is 13.0 Å². The maximum absolute atomic E-state index is 12.3. The molecule has 1 aliphatic heterocycles. The van der Waals surface area contributed by atoms with E-state index in [9.17, 15) is 4.79 Å². The first-order valence-electron chi connectivity index (χ1n) is 6.76. The van der Waals surface area contributed by atoms with Crippen LogP contribution in [0.15, 0.2) is 17.5 Å². The number of carbonyl (C=O) groups is 1. The van der Waals surface area contributed by atoms with Gasteiger partial charge in [-0.05, 0) is 43.0 Å². The van der Waals surface area contributed by atoms with E-state index >= 15 is 0 Å². The van der Waals surface area contributed by atoms with Crippen LogP contribution < -0.4 is 5.32 Å². The number of nitrogens with zero attached hydrogens (tertiary/aromatic N) is 1. The molecule has 3 nitrogen and oxygen atoms in total. The van der Waals surface area contributed by atoms with Crippen molar-refractivity contribution in [2.45, 2.75) is 38.9 Å². The summed E-state index contributed by atoms with van der Waals surface area (Å²) in [6, 6.07) is 4.11. The van der Waals surface area contributed by atoms with Gasteiger partial charge in [0.15, 0.2) is 0 Å². The fraction of sp³-hybridized carbons (Fsp3) is 0.643. The van der Waals surface area contributed by atoms with Crippen molar-refractivity contribution < 1.29 is 4.79 Å². The number of carbonyl (C=O) groups excluding carboxylic acids is 1. The molecular weight excluding hydrogens is 244 g/mol. The Morgan fingerprint density at radius 3 is 2.94 bits per heavy atom. The minimum atomic E-state index is -0.0523. The van der Waals surface area contributed by atoms with Crippen molar-refractivity contribution in [2.75, 3.05) is 6.54 Å². The van der Waals surface area contributed by atoms with Crippen molar-refractivity contribution >= 4 is 17.2 Å². The average molecular weight is 264 g/mol. The van der Waals surface area contributed by atoms with Crippen molar-refractivity contribution in [2.24, 2.45) is 11.8 Å². The highest BCUT2D eigenvalue weighted by Gasteiger charge is 2.40. The van der Waals surface area contributed by atoms with Crippen LogP contribution in [0, 0.1) is 11.8 Å². The summed E-state index contributed by atoms with van der Waals surface area (Å²) in [4.78, 5) is 15.5. The third-order valence-electron chi connectivity index (χ3n) is 4.10. The largest absolute Gasteiger partial charge is 0.320 e. The monoisotopic (exact) mass is 264 g/mol. The van der Waals surface area contributed by atoms with Crippen LogP contribution in [0.1, 0.15) is 37.7 Å². The van der Waals surface area contributed by atoms with Gasteiger partial charge in [-0.25, -0.2) is 0 Å². The zero-order valence-electron chi connectivity index (χ0n) is 10.9. The van der Waals surface area contributed by atoms with Gasteiger partial charge in [0.1, 0.15) is 6.17 Å². The van der Waals surface area contributed by atoms with E-state index in [0.717, 1.165) is 12.5 Å². The van der Waals surface area contributed by atoms with E-state index in [1.165, 1.54) is 17.7 Å². The molecule has 2 aliphatic rings. The lowest BCUT2D eigenvalue weighted by Crippen LogP contribution is -2.34. The van der Waals surface area contributed by atoms with E-state index in [1.54, 1.807) is 11.3 Å². The lowest BCUT2D eigenvalue weighted by atomic mass is 10.1. The van der Waals surface area contributed by atoms with E-state index in [1.807, 2.05) is 11.8 Å². The Kier molecular flexibility index (Phi) is 3.16. The van der Waals surface area contributed by atoms with Gasteiger partial charge in [0.2, 0.25) is 5.91 Å². The summed E-state index contributed by atoms with van der Waals surface area (Å²) in [6.07, 6.45) is 2.78. The van der Waals surface area contributed by atoms with Crippen LogP contribution >= 0.6 is 11.3 Å². The first-order chi connectivity index (χ1) is 8.66. The Bertz CT molecular complexity index is 427. The molecule has 1 aliphatic carbocycles. The highest BCUT2D eigenvalue weighted by atomic mass is 32.1. The zero-order chi connectivity index (χ0) is 12.7. The Labute approximate surface area is 112 Å². The van der Waals surface area contributed by atoms with Crippen molar-refractivity contribution in [1.82, 2.24) is 10.2 Å². The van der Waals surface area contributed by atoms with Crippen molar-refractivity contribution in [3.8, 4) is 0 Å². The van der Waals surface area contributed by atoms with E-state index in [0.29, 0.717) is 5.92 Å². The first-order valence-corrected chi connectivity index (χ1v) is 7.64. The number of thiophene rings is 1. The van der Waals surface area contributed by atoms with E-state index in [-0.39, 0.29) is 18.1 Å². The molecule has 98 valence electrons. The Balaban J connectivity index is 1.76. The number of nitrogens with one attached hydrogen (secondary N) is 1. The van der Waals surface area contributed by atoms with Gasteiger partial charge in [-0.3, -0.25) is 10.1 Å². The van der Waals surface area contributed by atoms with Crippen LogP contribution in [0.25, 0.3) is 0 Å². The molecule has 2 heterocycles. The molecule has 0 bridgehead atoms. The Morgan fingerprint density at radius 1 is 1.56 bits per heavy atom. The second-order valence-electron chi connectivity index (χ2n) is 5.61. The van der Waals surface area contributed by atoms with E-state index in [4.69, 9.17) is 0 Å². The molecule has 0 aromatic carbocycles. The third-order valence-corrected chi connectivity index (χ3v) is 5.02. The minimum absolute atomic E-state index is 0.0523. The number of rotatable bonds is 4. The molecule has 4 heteroatoms. The molecule has 0 spiro atoms. The van der Waals surface area contributed by atoms with Gasteiger partial charge in [0, 0.05) is 11.4 Å². The molecule has 2 fully saturated rings. The Hall–Kier alpha value is -0.870. The number of amides is 1. The molecule has 1 aromatic rings. The standard InChI is InChI=1S/C14H20N2OS/c1-9(11-5-6-11)8-16-13(12-4-3-7-18-12)15-10(2)14(16)17/h3-4,7,9-11,13,15H,5-6,8H2,1-2H3. The summed E-state index contributed by atoms with van der Waals surface area (Å²) in [5.74, 6) is 1.72. The molecular formula is C14H20N2OS. The van der Waals surface area contributed by atoms with E-state index in [2.05, 4.69) is 29.8 Å². The first kappa shape index (κ1) is 12.2. The maximum atomic E-state index is 12.3. The molecule has 18 heavy (non-hydrogen) atoms. The van der Waals surface area contributed by atoms with Gasteiger partial charge < -0.3 is 4.90 Å². The van der Waals surface area contributed by atoms with Gasteiger partial charge in [0.05, 0.1) is 6.04 Å². The molecule has 1 amide bonds.